The first-order chi connectivity index (χ1) is 11.2. The fourth-order valence-electron chi connectivity index (χ4n) is 2.42. The van der Waals surface area contributed by atoms with Crippen LogP contribution < -0.4 is 10.1 Å². The lowest BCUT2D eigenvalue weighted by Gasteiger charge is -2.04. The molecule has 2 aromatic carbocycles. The monoisotopic (exact) mass is 328 g/mol. The molecular formula is C18H17ClN2O2. The number of methoxy groups -OCH3 is 1. The molecule has 3 rings (SSSR count). The number of hydrogen-bond acceptors (Lipinski definition) is 2. The van der Waals surface area contributed by atoms with Gasteiger partial charge in [0.1, 0.15) is 11.4 Å². The minimum Gasteiger partial charge on any atom is -0.497 e. The molecule has 0 saturated carbocycles. The number of H-pyrrole nitrogens is 1. The number of aromatic amines is 1. The Balaban J connectivity index is 1.62. The molecule has 1 aromatic heterocycles. The highest BCUT2D eigenvalue weighted by atomic mass is 35.5. The average molecular weight is 329 g/mol. The second-order valence-corrected chi connectivity index (χ2v) is 5.70. The first kappa shape index (κ1) is 15.4. The van der Waals surface area contributed by atoms with Crippen LogP contribution in [-0.2, 0) is 6.42 Å². The number of nitrogens with one attached hydrogen (secondary N) is 2. The molecule has 1 amide bonds. The molecule has 0 saturated heterocycles. The van der Waals surface area contributed by atoms with Crippen molar-refractivity contribution in [2.75, 3.05) is 13.7 Å². The van der Waals surface area contributed by atoms with Crippen LogP contribution in [0.5, 0.6) is 5.75 Å². The van der Waals surface area contributed by atoms with Gasteiger partial charge in [0.15, 0.2) is 0 Å². The third kappa shape index (κ3) is 3.66. The molecule has 0 spiro atoms. The molecule has 0 aliphatic rings. The Morgan fingerprint density at radius 3 is 2.70 bits per heavy atom. The number of amides is 1. The summed E-state index contributed by atoms with van der Waals surface area (Å²) in [7, 11) is 1.62. The SMILES string of the molecule is COc1ccc2cc(C(=O)NCCc3ccc(Cl)cc3)[nH]c2c1. The molecule has 23 heavy (non-hydrogen) atoms. The van der Waals surface area contributed by atoms with Gasteiger partial charge in [0.2, 0.25) is 0 Å². The second kappa shape index (κ2) is 6.75. The summed E-state index contributed by atoms with van der Waals surface area (Å²) in [4.78, 5) is 15.3. The van der Waals surface area contributed by atoms with Gasteiger partial charge in [-0.1, -0.05) is 23.7 Å². The van der Waals surface area contributed by atoms with Gasteiger partial charge in [-0.05, 0) is 42.3 Å². The number of carbonyl (C=O) groups excluding carboxylic acids is 1. The zero-order valence-corrected chi connectivity index (χ0v) is 13.5. The van der Waals surface area contributed by atoms with E-state index in [-0.39, 0.29) is 5.91 Å². The smallest absolute Gasteiger partial charge is 0.267 e. The van der Waals surface area contributed by atoms with Crippen LogP contribution in [0.2, 0.25) is 5.02 Å². The van der Waals surface area contributed by atoms with Crippen molar-refractivity contribution in [3.63, 3.8) is 0 Å². The zero-order chi connectivity index (χ0) is 16.2. The van der Waals surface area contributed by atoms with E-state index in [4.69, 9.17) is 16.3 Å². The fraction of sp³-hybridized carbons (Fsp3) is 0.167. The summed E-state index contributed by atoms with van der Waals surface area (Å²) in [5, 5.41) is 4.61. The lowest BCUT2D eigenvalue weighted by Crippen LogP contribution is -2.25. The number of carbonyl (C=O) groups is 1. The summed E-state index contributed by atoms with van der Waals surface area (Å²) < 4.78 is 5.18. The predicted octanol–water partition coefficient (Wildman–Crippen LogP) is 3.80. The van der Waals surface area contributed by atoms with Crippen molar-refractivity contribution in [2.45, 2.75) is 6.42 Å². The zero-order valence-electron chi connectivity index (χ0n) is 12.7. The van der Waals surface area contributed by atoms with Crippen LogP contribution >= 0.6 is 11.6 Å². The van der Waals surface area contributed by atoms with Crippen LogP contribution in [0.4, 0.5) is 0 Å². The largest absolute Gasteiger partial charge is 0.497 e. The molecule has 3 aromatic rings. The van der Waals surface area contributed by atoms with E-state index in [2.05, 4.69) is 10.3 Å². The Hall–Kier alpha value is -2.46. The number of ether oxygens (including phenoxy) is 1. The molecule has 0 fully saturated rings. The molecule has 0 radical (unpaired) electrons. The minimum atomic E-state index is -0.117. The molecule has 5 heteroatoms. The maximum absolute atomic E-state index is 12.2. The van der Waals surface area contributed by atoms with E-state index < -0.39 is 0 Å². The molecule has 0 aliphatic carbocycles. The van der Waals surface area contributed by atoms with Gasteiger partial charge in [0, 0.05) is 28.5 Å². The van der Waals surface area contributed by atoms with Crippen LogP contribution in [0.15, 0.2) is 48.5 Å². The van der Waals surface area contributed by atoms with Crippen molar-refractivity contribution in [3.05, 3.63) is 64.8 Å². The van der Waals surface area contributed by atoms with Gasteiger partial charge in [0.25, 0.3) is 5.91 Å². The van der Waals surface area contributed by atoms with Crippen molar-refractivity contribution < 1.29 is 9.53 Å². The Morgan fingerprint density at radius 2 is 1.96 bits per heavy atom. The van der Waals surface area contributed by atoms with Crippen LogP contribution in [0.1, 0.15) is 16.1 Å². The van der Waals surface area contributed by atoms with Gasteiger partial charge in [-0.15, -0.1) is 0 Å². The van der Waals surface area contributed by atoms with Crippen molar-refractivity contribution in [2.24, 2.45) is 0 Å². The van der Waals surface area contributed by atoms with Gasteiger partial charge in [0.05, 0.1) is 7.11 Å². The second-order valence-electron chi connectivity index (χ2n) is 5.27. The molecule has 1 heterocycles. The van der Waals surface area contributed by atoms with E-state index >= 15 is 0 Å². The maximum atomic E-state index is 12.2. The first-order valence-electron chi connectivity index (χ1n) is 7.35. The number of aromatic nitrogens is 1. The van der Waals surface area contributed by atoms with Gasteiger partial charge in [-0.2, -0.15) is 0 Å². The quantitative estimate of drug-likeness (QED) is 0.748. The van der Waals surface area contributed by atoms with Crippen LogP contribution in [0.25, 0.3) is 10.9 Å². The predicted molar refractivity (Wildman–Crippen MR) is 92.3 cm³/mol. The van der Waals surface area contributed by atoms with Crippen molar-refractivity contribution >= 4 is 28.4 Å². The lowest BCUT2D eigenvalue weighted by atomic mass is 10.1. The third-order valence-electron chi connectivity index (χ3n) is 3.69. The highest BCUT2D eigenvalue weighted by Gasteiger charge is 2.09. The van der Waals surface area contributed by atoms with Crippen LogP contribution in [-0.4, -0.2) is 24.5 Å². The van der Waals surface area contributed by atoms with Crippen molar-refractivity contribution in [1.82, 2.24) is 10.3 Å². The van der Waals surface area contributed by atoms with E-state index in [1.54, 1.807) is 7.11 Å². The Bertz CT molecular complexity index is 825. The van der Waals surface area contributed by atoms with Gasteiger partial charge >= 0.3 is 0 Å². The summed E-state index contributed by atoms with van der Waals surface area (Å²) in [6, 6.07) is 15.1. The van der Waals surface area contributed by atoms with Gasteiger partial charge in [-0.3, -0.25) is 4.79 Å². The number of benzene rings is 2. The van der Waals surface area contributed by atoms with Crippen LogP contribution in [0, 0.1) is 0 Å². The van der Waals surface area contributed by atoms with E-state index in [9.17, 15) is 4.79 Å². The normalized spacial score (nSPS) is 10.7. The number of fused-ring (bicyclic) bond motifs is 1. The molecule has 0 bridgehead atoms. The van der Waals surface area contributed by atoms with Crippen molar-refractivity contribution in [3.8, 4) is 5.75 Å². The maximum Gasteiger partial charge on any atom is 0.267 e. The summed E-state index contributed by atoms with van der Waals surface area (Å²) in [5.74, 6) is 0.642. The molecule has 2 N–H and O–H groups in total. The minimum absolute atomic E-state index is 0.117. The van der Waals surface area contributed by atoms with E-state index in [1.165, 1.54) is 0 Å². The Labute approximate surface area is 139 Å². The molecule has 0 unspecified atom stereocenters. The average Bonchev–Trinajstić information content (AvgIpc) is 2.99. The van der Waals surface area contributed by atoms with E-state index in [0.29, 0.717) is 17.3 Å². The van der Waals surface area contributed by atoms with Crippen molar-refractivity contribution in [1.29, 1.82) is 0 Å². The molecular weight excluding hydrogens is 312 g/mol. The molecule has 118 valence electrons. The number of hydrogen-bond donors (Lipinski definition) is 2. The summed E-state index contributed by atoms with van der Waals surface area (Å²) in [5.41, 5.74) is 2.56. The van der Waals surface area contributed by atoms with E-state index in [1.807, 2.05) is 48.5 Å². The highest BCUT2D eigenvalue weighted by Crippen LogP contribution is 2.21. The standard InChI is InChI=1S/C18H17ClN2O2/c1-23-15-7-4-13-10-17(21-16(13)11-15)18(22)20-9-8-12-2-5-14(19)6-3-12/h2-7,10-11,21H,8-9H2,1H3,(H,20,22). The highest BCUT2D eigenvalue weighted by molar-refractivity contribution is 6.30. The summed E-state index contributed by atoms with van der Waals surface area (Å²) >= 11 is 5.85. The third-order valence-corrected chi connectivity index (χ3v) is 3.94. The van der Waals surface area contributed by atoms with Gasteiger partial charge in [-0.25, -0.2) is 0 Å². The topological polar surface area (TPSA) is 54.1 Å². The molecule has 4 nitrogen and oxygen atoms in total. The number of halogens is 1. The molecule has 0 atom stereocenters. The fourth-order valence-corrected chi connectivity index (χ4v) is 2.55. The van der Waals surface area contributed by atoms with Crippen LogP contribution in [0.3, 0.4) is 0 Å². The summed E-state index contributed by atoms with van der Waals surface area (Å²) in [6.45, 7) is 0.569. The van der Waals surface area contributed by atoms with Gasteiger partial charge < -0.3 is 15.0 Å². The summed E-state index contributed by atoms with van der Waals surface area (Å²) in [6.07, 6.45) is 0.761. The van der Waals surface area contributed by atoms with E-state index in [0.717, 1.165) is 28.6 Å². The number of rotatable bonds is 5. The molecule has 0 aliphatic heterocycles. The lowest BCUT2D eigenvalue weighted by molar-refractivity contribution is 0.0950. The Kier molecular flexibility index (Phi) is 4.53. The Morgan fingerprint density at radius 1 is 1.17 bits per heavy atom. The first-order valence-corrected chi connectivity index (χ1v) is 7.73.